The maximum absolute atomic E-state index is 13.9. The van der Waals surface area contributed by atoms with Gasteiger partial charge in [0.25, 0.3) is 0 Å². The first-order valence-corrected chi connectivity index (χ1v) is 8.61. The number of nitrogens with zero attached hydrogens (tertiary/aromatic N) is 2. The summed E-state index contributed by atoms with van der Waals surface area (Å²) in [5.74, 6) is 2.51. The lowest BCUT2D eigenvalue weighted by molar-refractivity contribution is -0.0235. The van der Waals surface area contributed by atoms with Gasteiger partial charge in [0.05, 0.1) is 5.60 Å². The number of phenolic OH excluding ortho intramolecular Hbond substituents is 1. The average molecular weight is 363 g/mol. The fraction of sp³-hybridized carbons (Fsp3) is 0.238. The molecule has 4 rings (SSSR count). The molecule has 0 aliphatic heterocycles. The Morgan fingerprint density at radius 3 is 2.63 bits per heavy atom. The third kappa shape index (κ3) is 3.18. The van der Waals surface area contributed by atoms with Crippen LogP contribution < -0.4 is 5.32 Å². The summed E-state index contributed by atoms with van der Waals surface area (Å²) in [4.78, 5) is 0. The topological polar surface area (TPSA) is 78.3 Å². The molecule has 0 bridgehead atoms. The van der Waals surface area contributed by atoms with Gasteiger partial charge in [0.1, 0.15) is 17.3 Å². The molecule has 6 heteroatoms. The minimum absolute atomic E-state index is 0.0128. The van der Waals surface area contributed by atoms with E-state index in [0.717, 1.165) is 0 Å². The molecule has 0 spiro atoms. The number of rotatable bonds is 3. The second kappa shape index (κ2) is 6.22. The number of terminal acetylenes is 1. The zero-order valence-electron chi connectivity index (χ0n) is 14.7. The van der Waals surface area contributed by atoms with E-state index in [1.807, 2.05) is 0 Å². The molecule has 0 saturated heterocycles. The third-order valence-electron chi connectivity index (χ3n) is 4.87. The number of aromatic hydroxyl groups is 1. The average Bonchev–Trinajstić information content (AvgIpc) is 2.60. The molecular formula is C21H18FN3O2. The Bertz CT molecular complexity index is 1080. The van der Waals surface area contributed by atoms with E-state index in [9.17, 15) is 14.6 Å². The highest BCUT2D eigenvalue weighted by molar-refractivity contribution is 6.01. The van der Waals surface area contributed by atoms with Gasteiger partial charge in [0.15, 0.2) is 5.82 Å². The molecule has 0 atom stereocenters. The van der Waals surface area contributed by atoms with Gasteiger partial charge in [-0.2, -0.15) is 0 Å². The van der Waals surface area contributed by atoms with Crippen LogP contribution in [0.4, 0.5) is 10.2 Å². The maximum Gasteiger partial charge on any atom is 0.156 e. The van der Waals surface area contributed by atoms with Crippen molar-refractivity contribution < 1.29 is 14.6 Å². The van der Waals surface area contributed by atoms with Gasteiger partial charge in [0.2, 0.25) is 0 Å². The van der Waals surface area contributed by atoms with E-state index < -0.39 is 11.4 Å². The standard InChI is InChI=1S/C21H18FN3O2/c1-3-12-4-6-16(18(26)8-12)19-15-7-5-13(22)9-17(15)20(25-24-19)23-14-10-21(2,27)11-14/h1,4-9,14,26-27H,10-11H2,2H3,(H,23,25). The van der Waals surface area contributed by atoms with Crippen LogP contribution in [0.15, 0.2) is 36.4 Å². The summed E-state index contributed by atoms with van der Waals surface area (Å²) in [6.45, 7) is 1.78. The van der Waals surface area contributed by atoms with E-state index in [4.69, 9.17) is 6.42 Å². The van der Waals surface area contributed by atoms with Crippen LogP contribution in [-0.4, -0.2) is 32.1 Å². The van der Waals surface area contributed by atoms with Crippen molar-refractivity contribution in [2.75, 3.05) is 5.32 Å². The SMILES string of the molecule is C#Cc1ccc(-c2nnc(NC3CC(C)(O)C3)c3cc(F)ccc23)c(O)c1. The van der Waals surface area contributed by atoms with Crippen molar-refractivity contribution in [3.8, 4) is 29.4 Å². The molecule has 0 amide bonds. The molecule has 27 heavy (non-hydrogen) atoms. The Hall–Kier alpha value is -3.17. The molecule has 1 heterocycles. The highest BCUT2D eigenvalue weighted by atomic mass is 19.1. The van der Waals surface area contributed by atoms with Crippen molar-refractivity contribution in [1.82, 2.24) is 10.2 Å². The maximum atomic E-state index is 13.9. The molecule has 3 aromatic rings. The highest BCUT2D eigenvalue weighted by Gasteiger charge is 2.38. The van der Waals surface area contributed by atoms with Crippen LogP contribution in [0.1, 0.15) is 25.3 Å². The lowest BCUT2D eigenvalue weighted by Crippen LogP contribution is -2.48. The van der Waals surface area contributed by atoms with Crippen LogP contribution in [0.25, 0.3) is 22.0 Å². The second-order valence-electron chi connectivity index (χ2n) is 7.21. The zero-order chi connectivity index (χ0) is 19.2. The zero-order valence-corrected chi connectivity index (χ0v) is 14.7. The van der Waals surface area contributed by atoms with Gasteiger partial charge in [-0.1, -0.05) is 5.92 Å². The Labute approximate surface area is 155 Å². The van der Waals surface area contributed by atoms with E-state index in [1.165, 1.54) is 18.2 Å². The van der Waals surface area contributed by atoms with Crippen LogP contribution in [0.3, 0.4) is 0 Å². The summed E-state index contributed by atoms with van der Waals surface area (Å²) < 4.78 is 13.9. The Kier molecular flexibility index (Phi) is 3.97. The largest absolute Gasteiger partial charge is 0.507 e. The van der Waals surface area contributed by atoms with E-state index in [2.05, 4.69) is 21.4 Å². The summed E-state index contributed by atoms with van der Waals surface area (Å²) in [6.07, 6.45) is 6.53. The molecular weight excluding hydrogens is 345 g/mol. The number of hydrogen-bond donors (Lipinski definition) is 3. The van der Waals surface area contributed by atoms with Gasteiger partial charge in [-0.3, -0.25) is 0 Å². The van der Waals surface area contributed by atoms with Crippen LogP contribution in [-0.2, 0) is 0 Å². The minimum atomic E-state index is -0.684. The smallest absolute Gasteiger partial charge is 0.156 e. The first-order chi connectivity index (χ1) is 12.9. The molecule has 1 saturated carbocycles. The highest BCUT2D eigenvalue weighted by Crippen LogP contribution is 2.38. The number of fused-ring (bicyclic) bond motifs is 1. The Morgan fingerprint density at radius 2 is 1.96 bits per heavy atom. The van der Waals surface area contributed by atoms with Crippen molar-refractivity contribution in [2.24, 2.45) is 0 Å². The predicted octanol–water partition coefficient (Wildman–Crippen LogP) is 3.45. The quantitative estimate of drug-likeness (QED) is 0.621. The van der Waals surface area contributed by atoms with Crippen LogP contribution in [0, 0.1) is 18.2 Å². The second-order valence-corrected chi connectivity index (χ2v) is 7.21. The van der Waals surface area contributed by atoms with Crippen molar-refractivity contribution in [3.63, 3.8) is 0 Å². The lowest BCUT2D eigenvalue weighted by Gasteiger charge is -2.41. The number of aliphatic hydroxyl groups is 1. The predicted molar refractivity (Wildman–Crippen MR) is 102 cm³/mol. The lowest BCUT2D eigenvalue weighted by atomic mass is 9.77. The van der Waals surface area contributed by atoms with Crippen molar-refractivity contribution >= 4 is 16.6 Å². The number of halogens is 1. The van der Waals surface area contributed by atoms with Crippen LogP contribution in [0.5, 0.6) is 5.75 Å². The summed E-state index contributed by atoms with van der Waals surface area (Å²) in [5.41, 5.74) is 0.778. The van der Waals surface area contributed by atoms with Crippen LogP contribution in [0.2, 0.25) is 0 Å². The summed E-state index contributed by atoms with van der Waals surface area (Å²) >= 11 is 0. The molecule has 0 radical (unpaired) electrons. The normalized spacial score (nSPS) is 21.5. The fourth-order valence-electron chi connectivity index (χ4n) is 3.55. The number of aromatic nitrogens is 2. The molecule has 1 fully saturated rings. The number of hydrogen-bond acceptors (Lipinski definition) is 5. The van der Waals surface area contributed by atoms with Crippen molar-refractivity contribution in [3.05, 3.63) is 47.8 Å². The third-order valence-corrected chi connectivity index (χ3v) is 4.87. The molecule has 0 unspecified atom stereocenters. The molecule has 5 nitrogen and oxygen atoms in total. The van der Waals surface area contributed by atoms with E-state index in [0.29, 0.717) is 46.3 Å². The number of phenols is 1. The summed E-state index contributed by atoms with van der Waals surface area (Å²) in [6, 6.07) is 9.26. The van der Waals surface area contributed by atoms with Gasteiger partial charge in [-0.05, 0) is 56.2 Å². The summed E-state index contributed by atoms with van der Waals surface area (Å²) in [7, 11) is 0. The molecule has 2 aromatic carbocycles. The molecule has 1 aliphatic carbocycles. The first-order valence-electron chi connectivity index (χ1n) is 8.61. The molecule has 136 valence electrons. The molecule has 3 N–H and O–H groups in total. The fourth-order valence-corrected chi connectivity index (χ4v) is 3.55. The van der Waals surface area contributed by atoms with E-state index >= 15 is 0 Å². The van der Waals surface area contributed by atoms with Crippen LogP contribution >= 0.6 is 0 Å². The van der Waals surface area contributed by atoms with Gasteiger partial charge in [0, 0.05) is 27.9 Å². The van der Waals surface area contributed by atoms with Gasteiger partial charge in [-0.25, -0.2) is 4.39 Å². The summed E-state index contributed by atoms with van der Waals surface area (Å²) in [5, 5.41) is 33.2. The monoisotopic (exact) mass is 363 g/mol. The first kappa shape index (κ1) is 17.3. The van der Waals surface area contributed by atoms with E-state index in [-0.39, 0.29) is 11.8 Å². The molecule has 1 aromatic heterocycles. The van der Waals surface area contributed by atoms with Gasteiger partial charge >= 0.3 is 0 Å². The molecule has 1 aliphatic rings. The van der Waals surface area contributed by atoms with Crippen molar-refractivity contribution in [1.29, 1.82) is 0 Å². The number of nitrogens with one attached hydrogen (secondary N) is 1. The van der Waals surface area contributed by atoms with Gasteiger partial charge < -0.3 is 15.5 Å². The van der Waals surface area contributed by atoms with Gasteiger partial charge in [-0.15, -0.1) is 16.6 Å². The number of benzene rings is 2. The Balaban J connectivity index is 1.80. The number of anilines is 1. The van der Waals surface area contributed by atoms with Crippen molar-refractivity contribution in [2.45, 2.75) is 31.4 Å². The Morgan fingerprint density at radius 1 is 1.19 bits per heavy atom. The minimum Gasteiger partial charge on any atom is -0.507 e. The van der Waals surface area contributed by atoms with E-state index in [1.54, 1.807) is 25.1 Å².